The Balaban J connectivity index is 2.29. The number of halogens is 2. The molecular formula is C14H15F2N3O. The molecule has 0 aliphatic rings. The zero-order valence-electron chi connectivity index (χ0n) is 11.3. The molecule has 1 aromatic heterocycles. The van der Waals surface area contributed by atoms with E-state index in [2.05, 4.69) is 15.3 Å². The van der Waals surface area contributed by atoms with E-state index in [1.807, 2.05) is 13.8 Å². The maximum absolute atomic E-state index is 13.5. The molecule has 4 nitrogen and oxygen atoms in total. The molecule has 0 spiro atoms. The van der Waals surface area contributed by atoms with Crippen LogP contribution < -0.4 is 10.1 Å². The van der Waals surface area contributed by atoms with Crippen molar-refractivity contribution in [1.29, 1.82) is 0 Å². The number of aromatic nitrogens is 2. The van der Waals surface area contributed by atoms with Gasteiger partial charge in [-0.2, -0.15) is 4.98 Å². The standard InChI is InChI=1S/C14H15F2N3O/c1-3-12-18-13(17-4-2)8-14(19-12)20-11-6-5-9(15)7-10(11)16/h5-8H,3-4H2,1-2H3,(H,17,18,19). The number of anilines is 1. The van der Waals surface area contributed by atoms with Crippen molar-refractivity contribution in [3.05, 3.63) is 41.7 Å². The lowest BCUT2D eigenvalue weighted by molar-refractivity contribution is 0.421. The molecule has 6 heteroatoms. The highest BCUT2D eigenvalue weighted by molar-refractivity contribution is 5.40. The molecular weight excluding hydrogens is 264 g/mol. The number of ether oxygens (including phenoxy) is 1. The Hall–Kier alpha value is -2.24. The lowest BCUT2D eigenvalue weighted by Crippen LogP contribution is -2.04. The van der Waals surface area contributed by atoms with Crippen molar-refractivity contribution in [2.75, 3.05) is 11.9 Å². The van der Waals surface area contributed by atoms with Gasteiger partial charge in [-0.25, -0.2) is 13.8 Å². The smallest absolute Gasteiger partial charge is 0.224 e. The van der Waals surface area contributed by atoms with Gasteiger partial charge in [0.1, 0.15) is 17.5 Å². The summed E-state index contributed by atoms with van der Waals surface area (Å²) in [5, 5.41) is 3.05. The third-order valence-electron chi connectivity index (χ3n) is 2.53. The fourth-order valence-electron chi connectivity index (χ4n) is 1.63. The summed E-state index contributed by atoms with van der Waals surface area (Å²) in [6.45, 7) is 4.55. The molecule has 0 atom stereocenters. The molecule has 1 heterocycles. The van der Waals surface area contributed by atoms with Gasteiger partial charge in [-0.3, -0.25) is 0 Å². The molecule has 106 valence electrons. The van der Waals surface area contributed by atoms with Crippen molar-refractivity contribution in [2.24, 2.45) is 0 Å². The largest absolute Gasteiger partial charge is 0.436 e. The summed E-state index contributed by atoms with van der Waals surface area (Å²) >= 11 is 0. The number of benzene rings is 1. The van der Waals surface area contributed by atoms with Crippen LogP contribution in [0, 0.1) is 11.6 Å². The minimum atomic E-state index is -0.772. The third kappa shape index (κ3) is 3.40. The van der Waals surface area contributed by atoms with E-state index in [1.165, 1.54) is 6.07 Å². The average Bonchev–Trinajstić information content (AvgIpc) is 2.42. The van der Waals surface area contributed by atoms with Crippen molar-refractivity contribution in [3.63, 3.8) is 0 Å². The van der Waals surface area contributed by atoms with Crippen LogP contribution in [0.25, 0.3) is 0 Å². The van der Waals surface area contributed by atoms with Crippen LogP contribution in [-0.2, 0) is 6.42 Å². The van der Waals surface area contributed by atoms with Gasteiger partial charge in [-0.05, 0) is 19.1 Å². The predicted octanol–water partition coefficient (Wildman–Crippen LogP) is 3.54. The first-order chi connectivity index (χ1) is 9.62. The van der Waals surface area contributed by atoms with Crippen LogP contribution in [-0.4, -0.2) is 16.5 Å². The second-order valence-corrected chi connectivity index (χ2v) is 4.07. The average molecular weight is 279 g/mol. The highest BCUT2D eigenvalue weighted by Gasteiger charge is 2.09. The van der Waals surface area contributed by atoms with Gasteiger partial charge in [0.05, 0.1) is 0 Å². The molecule has 0 amide bonds. The number of hydrogen-bond donors (Lipinski definition) is 1. The summed E-state index contributed by atoms with van der Waals surface area (Å²) in [6, 6.07) is 4.70. The molecule has 1 N–H and O–H groups in total. The van der Waals surface area contributed by atoms with E-state index in [-0.39, 0.29) is 11.6 Å². The second kappa shape index (κ2) is 6.27. The molecule has 0 bridgehead atoms. The van der Waals surface area contributed by atoms with Crippen LogP contribution >= 0.6 is 0 Å². The van der Waals surface area contributed by atoms with Crippen molar-refractivity contribution >= 4 is 5.82 Å². The normalized spacial score (nSPS) is 10.4. The maximum atomic E-state index is 13.5. The highest BCUT2D eigenvalue weighted by Crippen LogP contribution is 2.25. The van der Waals surface area contributed by atoms with Gasteiger partial charge >= 0.3 is 0 Å². The van der Waals surface area contributed by atoms with Crippen molar-refractivity contribution in [1.82, 2.24) is 9.97 Å². The van der Waals surface area contributed by atoms with Crippen molar-refractivity contribution in [3.8, 4) is 11.6 Å². The van der Waals surface area contributed by atoms with Gasteiger partial charge < -0.3 is 10.1 Å². The van der Waals surface area contributed by atoms with E-state index in [9.17, 15) is 8.78 Å². The quantitative estimate of drug-likeness (QED) is 0.909. The minimum absolute atomic E-state index is 0.0744. The van der Waals surface area contributed by atoms with E-state index in [1.54, 1.807) is 6.07 Å². The lowest BCUT2D eigenvalue weighted by atomic mass is 10.3. The van der Waals surface area contributed by atoms with Gasteiger partial charge in [-0.15, -0.1) is 0 Å². The Kier molecular flexibility index (Phi) is 4.45. The number of nitrogens with zero attached hydrogens (tertiary/aromatic N) is 2. The fraction of sp³-hybridized carbons (Fsp3) is 0.286. The zero-order chi connectivity index (χ0) is 14.5. The van der Waals surface area contributed by atoms with Crippen molar-refractivity contribution in [2.45, 2.75) is 20.3 Å². The van der Waals surface area contributed by atoms with Gasteiger partial charge in [0.25, 0.3) is 0 Å². The fourth-order valence-corrected chi connectivity index (χ4v) is 1.63. The number of rotatable bonds is 5. The molecule has 0 saturated carbocycles. The van der Waals surface area contributed by atoms with Gasteiger partial charge in [0, 0.05) is 25.1 Å². The number of hydrogen-bond acceptors (Lipinski definition) is 4. The van der Waals surface area contributed by atoms with E-state index in [0.29, 0.717) is 24.6 Å². The summed E-state index contributed by atoms with van der Waals surface area (Å²) in [5.41, 5.74) is 0. The van der Waals surface area contributed by atoms with Gasteiger partial charge in [-0.1, -0.05) is 6.92 Å². The SMILES string of the molecule is CCNc1cc(Oc2ccc(F)cc2F)nc(CC)n1. The lowest BCUT2D eigenvalue weighted by Gasteiger charge is -2.09. The van der Waals surface area contributed by atoms with Crippen LogP contribution in [0.1, 0.15) is 19.7 Å². The minimum Gasteiger partial charge on any atom is -0.436 e. The van der Waals surface area contributed by atoms with Crippen LogP contribution in [0.3, 0.4) is 0 Å². The predicted molar refractivity (Wildman–Crippen MR) is 72.0 cm³/mol. The summed E-state index contributed by atoms with van der Waals surface area (Å²) in [4.78, 5) is 8.42. The molecule has 0 unspecified atom stereocenters. The van der Waals surface area contributed by atoms with Gasteiger partial charge in [0.15, 0.2) is 11.6 Å². The molecule has 2 rings (SSSR count). The molecule has 0 aliphatic carbocycles. The first-order valence-electron chi connectivity index (χ1n) is 6.37. The van der Waals surface area contributed by atoms with E-state index in [4.69, 9.17) is 4.74 Å². The summed E-state index contributed by atoms with van der Waals surface area (Å²) in [6.07, 6.45) is 0.626. The van der Waals surface area contributed by atoms with Crippen LogP contribution in [0.15, 0.2) is 24.3 Å². The van der Waals surface area contributed by atoms with Crippen LogP contribution in [0.4, 0.5) is 14.6 Å². The summed E-state index contributed by atoms with van der Waals surface area (Å²) in [7, 11) is 0. The van der Waals surface area contributed by atoms with Crippen LogP contribution in [0.5, 0.6) is 11.6 Å². The maximum Gasteiger partial charge on any atom is 0.224 e. The Morgan fingerprint density at radius 3 is 2.60 bits per heavy atom. The second-order valence-electron chi connectivity index (χ2n) is 4.07. The van der Waals surface area contributed by atoms with Gasteiger partial charge in [0.2, 0.25) is 5.88 Å². The Morgan fingerprint density at radius 2 is 1.95 bits per heavy atom. The van der Waals surface area contributed by atoms with E-state index in [0.717, 1.165) is 12.1 Å². The van der Waals surface area contributed by atoms with E-state index >= 15 is 0 Å². The number of nitrogens with one attached hydrogen (secondary N) is 1. The zero-order valence-corrected chi connectivity index (χ0v) is 11.3. The van der Waals surface area contributed by atoms with Crippen LogP contribution in [0.2, 0.25) is 0 Å². The molecule has 0 saturated heterocycles. The number of aryl methyl sites for hydroxylation is 1. The highest BCUT2D eigenvalue weighted by atomic mass is 19.1. The van der Waals surface area contributed by atoms with Crippen molar-refractivity contribution < 1.29 is 13.5 Å². The monoisotopic (exact) mass is 279 g/mol. The Bertz CT molecular complexity index is 605. The molecule has 0 aliphatic heterocycles. The first kappa shape index (κ1) is 14.2. The molecule has 20 heavy (non-hydrogen) atoms. The first-order valence-corrected chi connectivity index (χ1v) is 6.37. The topological polar surface area (TPSA) is 47.0 Å². The molecule has 0 radical (unpaired) electrons. The molecule has 1 aromatic carbocycles. The third-order valence-corrected chi connectivity index (χ3v) is 2.53. The molecule has 0 fully saturated rings. The Labute approximate surface area is 115 Å². The summed E-state index contributed by atoms with van der Waals surface area (Å²) in [5.74, 6) is -0.0856. The Morgan fingerprint density at radius 1 is 1.15 bits per heavy atom. The molecule has 2 aromatic rings. The summed E-state index contributed by atoms with van der Waals surface area (Å²) < 4.78 is 31.7. The van der Waals surface area contributed by atoms with E-state index < -0.39 is 11.6 Å².